The average molecular weight is 380 g/mol. The van der Waals surface area contributed by atoms with Crippen LogP contribution in [0.5, 0.6) is 0 Å². The molecule has 0 aliphatic heterocycles. The smallest absolute Gasteiger partial charge is 0.264 e. The van der Waals surface area contributed by atoms with Gasteiger partial charge in [-0.05, 0) is 36.6 Å². The number of nitriles is 1. The number of amides is 1. The molecule has 0 fully saturated rings. The van der Waals surface area contributed by atoms with Crippen molar-refractivity contribution in [3.63, 3.8) is 0 Å². The number of hydrogen-bond acceptors (Lipinski definition) is 5. The van der Waals surface area contributed by atoms with Crippen LogP contribution >= 0.6 is 11.3 Å². The minimum atomic E-state index is -0.137. The Labute approximate surface area is 161 Å². The number of nitrogens with zero attached hydrogens (tertiary/aromatic N) is 4. The third-order valence-electron chi connectivity index (χ3n) is 4.44. The van der Waals surface area contributed by atoms with Crippen molar-refractivity contribution in [2.45, 2.75) is 26.8 Å². The lowest BCUT2D eigenvalue weighted by Gasteiger charge is -2.22. The maximum absolute atomic E-state index is 13.2. The quantitative estimate of drug-likeness (QED) is 0.681. The van der Waals surface area contributed by atoms with E-state index in [-0.39, 0.29) is 11.5 Å². The summed E-state index contributed by atoms with van der Waals surface area (Å²) in [5.41, 5.74) is 2.11. The van der Waals surface area contributed by atoms with Gasteiger partial charge < -0.3 is 9.47 Å². The average Bonchev–Trinajstić information content (AvgIpc) is 3.01. The lowest BCUT2D eigenvalue weighted by molar-refractivity contribution is 0.0747. The van der Waals surface area contributed by atoms with Gasteiger partial charge >= 0.3 is 0 Å². The maximum Gasteiger partial charge on any atom is 0.264 e. The van der Waals surface area contributed by atoms with Gasteiger partial charge in [-0.15, -0.1) is 11.3 Å². The minimum absolute atomic E-state index is 0.0937. The zero-order chi connectivity index (χ0) is 19.6. The first-order valence-corrected chi connectivity index (χ1v) is 9.51. The van der Waals surface area contributed by atoms with Crippen LogP contribution < -0.4 is 5.56 Å². The first-order valence-electron chi connectivity index (χ1n) is 8.69. The van der Waals surface area contributed by atoms with Gasteiger partial charge in [-0.3, -0.25) is 9.59 Å². The normalized spacial score (nSPS) is 10.7. The van der Waals surface area contributed by atoms with Crippen molar-refractivity contribution >= 4 is 27.5 Å². The minimum Gasteiger partial charge on any atom is -0.334 e. The molecule has 0 atom stereocenters. The second-order valence-electron chi connectivity index (χ2n) is 6.43. The molecule has 0 unspecified atom stereocenters. The standard InChI is InChI=1S/C20H20N4O2S/c1-4-9-24(11-15-7-5-14(10-21)6-8-15)20(26)17-13(2)16-18(27-17)22-12-23(3)19(16)25/h5-8,12H,4,9,11H2,1-3H3. The molecule has 1 amide bonds. The molecule has 0 N–H and O–H groups in total. The molecule has 0 saturated carbocycles. The van der Waals surface area contributed by atoms with Gasteiger partial charge in [0.05, 0.1) is 28.2 Å². The Balaban J connectivity index is 1.96. The largest absolute Gasteiger partial charge is 0.334 e. The predicted molar refractivity (Wildman–Crippen MR) is 106 cm³/mol. The van der Waals surface area contributed by atoms with Gasteiger partial charge in [0.25, 0.3) is 11.5 Å². The molecule has 0 bridgehead atoms. The van der Waals surface area contributed by atoms with Crippen LogP contribution in [-0.4, -0.2) is 26.9 Å². The lowest BCUT2D eigenvalue weighted by Crippen LogP contribution is -2.31. The summed E-state index contributed by atoms with van der Waals surface area (Å²) in [6.45, 7) is 4.89. The number of carbonyl (C=O) groups is 1. The summed E-state index contributed by atoms with van der Waals surface area (Å²) in [6.07, 6.45) is 2.31. The molecule has 3 aromatic rings. The Morgan fingerprint density at radius 3 is 2.67 bits per heavy atom. The third kappa shape index (κ3) is 3.62. The Morgan fingerprint density at radius 2 is 2.04 bits per heavy atom. The van der Waals surface area contributed by atoms with Crippen molar-refractivity contribution in [1.82, 2.24) is 14.5 Å². The molecule has 1 aromatic carbocycles. The molecule has 27 heavy (non-hydrogen) atoms. The second-order valence-corrected chi connectivity index (χ2v) is 7.43. The van der Waals surface area contributed by atoms with Crippen LogP contribution in [0.2, 0.25) is 0 Å². The van der Waals surface area contributed by atoms with Crippen molar-refractivity contribution in [2.75, 3.05) is 6.54 Å². The molecule has 2 aromatic heterocycles. The van der Waals surface area contributed by atoms with Gasteiger partial charge in [-0.1, -0.05) is 19.1 Å². The van der Waals surface area contributed by atoms with Crippen molar-refractivity contribution in [2.24, 2.45) is 7.05 Å². The number of carbonyl (C=O) groups excluding carboxylic acids is 1. The van der Waals surface area contributed by atoms with Crippen LogP contribution in [0.25, 0.3) is 10.2 Å². The summed E-state index contributed by atoms with van der Waals surface area (Å²) in [6, 6.07) is 9.33. The van der Waals surface area contributed by atoms with E-state index < -0.39 is 0 Å². The number of aryl methyl sites for hydroxylation is 2. The van der Waals surface area contributed by atoms with Gasteiger partial charge in [0.1, 0.15) is 4.83 Å². The van der Waals surface area contributed by atoms with E-state index in [9.17, 15) is 9.59 Å². The van der Waals surface area contributed by atoms with E-state index in [4.69, 9.17) is 5.26 Å². The molecule has 2 heterocycles. The first-order chi connectivity index (χ1) is 13.0. The van der Waals surface area contributed by atoms with Crippen LogP contribution in [0, 0.1) is 18.3 Å². The molecule has 0 spiro atoms. The molecular weight excluding hydrogens is 360 g/mol. The number of hydrogen-bond donors (Lipinski definition) is 0. The summed E-state index contributed by atoms with van der Waals surface area (Å²) >= 11 is 1.27. The van der Waals surface area contributed by atoms with Crippen LogP contribution in [0.1, 0.15) is 39.7 Å². The number of rotatable bonds is 5. The van der Waals surface area contributed by atoms with E-state index in [0.717, 1.165) is 12.0 Å². The fraction of sp³-hybridized carbons (Fsp3) is 0.300. The molecular formula is C20H20N4O2S. The summed E-state index contributed by atoms with van der Waals surface area (Å²) in [5, 5.41) is 9.44. The van der Waals surface area contributed by atoms with Crippen LogP contribution in [0.15, 0.2) is 35.4 Å². The summed E-state index contributed by atoms with van der Waals surface area (Å²) in [5.74, 6) is -0.0937. The van der Waals surface area contributed by atoms with Crippen LogP contribution in [-0.2, 0) is 13.6 Å². The molecule has 138 valence electrons. The fourth-order valence-corrected chi connectivity index (χ4v) is 4.09. The monoisotopic (exact) mass is 380 g/mol. The van der Waals surface area contributed by atoms with Crippen LogP contribution in [0.4, 0.5) is 0 Å². The molecule has 0 radical (unpaired) electrons. The molecule has 0 aliphatic carbocycles. The van der Waals surface area contributed by atoms with Gasteiger partial charge in [0, 0.05) is 20.1 Å². The van der Waals surface area contributed by atoms with Crippen molar-refractivity contribution in [3.05, 3.63) is 62.5 Å². The SMILES string of the molecule is CCCN(Cc1ccc(C#N)cc1)C(=O)c1sc2ncn(C)c(=O)c2c1C. The van der Waals surface area contributed by atoms with Gasteiger partial charge in [0.15, 0.2) is 0 Å². The van der Waals surface area contributed by atoms with E-state index in [1.54, 1.807) is 31.0 Å². The highest BCUT2D eigenvalue weighted by atomic mass is 32.1. The molecule has 6 nitrogen and oxygen atoms in total. The Kier molecular flexibility index (Phi) is 5.38. The van der Waals surface area contributed by atoms with Gasteiger partial charge in [-0.25, -0.2) is 4.98 Å². The van der Waals surface area contributed by atoms with Crippen molar-refractivity contribution < 1.29 is 4.79 Å². The first kappa shape index (κ1) is 18.8. The Morgan fingerprint density at radius 1 is 1.33 bits per heavy atom. The van der Waals surface area contributed by atoms with E-state index >= 15 is 0 Å². The van der Waals surface area contributed by atoms with Gasteiger partial charge in [0.2, 0.25) is 0 Å². The summed E-state index contributed by atoms with van der Waals surface area (Å²) in [7, 11) is 1.65. The Hall–Kier alpha value is -2.98. The zero-order valence-electron chi connectivity index (χ0n) is 15.5. The third-order valence-corrected chi connectivity index (χ3v) is 5.63. The number of aromatic nitrogens is 2. The predicted octanol–water partition coefficient (Wildman–Crippen LogP) is 3.23. The fourth-order valence-electron chi connectivity index (χ4n) is 2.98. The van der Waals surface area contributed by atoms with E-state index in [2.05, 4.69) is 11.1 Å². The Bertz CT molecular complexity index is 1090. The van der Waals surface area contributed by atoms with Gasteiger partial charge in [-0.2, -0.15) is 5.26 Å². The maximum atomic E-state index is 13.2. The highest BCUT2D eigenvalue weighted by Crippen LogP contribution is 2.28. The number of thiophene rings is 1. The lowest BCUT2D eigenvalue weighted by atomic mass is 10.1. The van der Waals surface area contributed by atoms with Crippen molar-refractivity contribution in [1.29, 1.82) is 5.26 Å². The van der Waals surface area contributed by atoms with Crippen molar-refractivity contribution in [3.8, 4) is 6.07 Å². The highest BCUT2D eigenvalue weighted by Gasteiger charge is 2.23. The number of benzene rings is 1. The summed E-state index contributed by atoms with van der Waals surface area (Å²) in [4.78, 5) is 32.8. The van der Waals surface area contributed by atoms with E-state index in [1.165, 1.54) is 22.2 Å². The molecule has 0 saturated heterocycles. The van der Waals surface area contributed by atoms with E-state index in [1.807, 2.05) is 19.1 Å². The van der Waals surface area contributed by atoms with E-state index in [0.29, 0.717) is 39.3 Å². The van der Waals surface area contributed by atoms with Crippen LogP contribution in [0.3, 0.4) is 0 Å². The summed E-state index contributed by atoms with van der Waals surface area (Å²) < 4.78 is 1.43. The topological polar surface area (TPSA) is 79.0 Å². The zero-order valence-corrected chi connectivity index (χ0v) is 16.3. The second kappa shape index (κ2) is 7.72. The highest BCUT2D eigenvalue weighted by molar-refractivity contribution is 7.20. The molecule has 3 rings (SSSR count). The molecule has 0 aliphatic rings. The number of fused-ring (bicyclic) bond motifs is 1. The molecule has 7 heteroatoms.